The maximum absolute atomic E-state index is 5.25. The monoisotopic (exact) mass is 247 g/mol. The van der Waals surface area contributed by atoms with Gasteiger partial charge in [0.25, 0.3) is 0 Å². The third kappa shape index (κ3) is 2.31. The Morgan fingerprint density at radius 2 is 1.84 bits per heavy atom. The van der Waals surface area contributed by atoms with Crippen LogP contribution in [0.25, 0.3) is 10.9 Å². The molecule has 0 aliphatic heterocycles. The SMILES string of the molecule is COc1ccc2[nH]cc(C#Cc3ccccc3)c2c1. The summed E-state index contributed by atoms with van der Waals surface area (Å²) in [5.74, 6) is 7.21. The summed E-state index contributed by atoms with van der Waals surface area (Å²) in [6, 6.07) is 15.9. The van der Waals surface area contributed by atoms with Crippen LogP contribution >= 0.6 is 0 Å². The molecule has 0 amide bonds. The van der Waals surface area contributed by atoms with E-state index in [9.17, 15) is 0 Å². The number of benzene rings is 2. The van der Waals surface area contributed by atoms with Crippen molar-refractivity contribution in [1.82, 2.24) is 4.98 Å². The molecule has 0 atom stereocenters. The fourth-order valence-electron chi connectivity index (χ4n) is 1.99. The van der Waals surface area contributed by atoms with Gasteiger partial charge in [-0.05, 0) is 30.3 Å². The van der Waals surface area contributed by atoms with E-state index in [1.165, 1.54) is 0 Å². The maximum atomic E-state index is 5.25. The van der Waals surface area contributed by atoms with Gasteiger partial charge in [0.1, 0.15) is 5.75 Å². The molecule has 1 N–H and O–H groups in total. The Balaban J connectivity index is 2.04. The number of hydrogen-bond acceptors (Lipinski definition) is 1. The molecule has 0 aliphatic carbocycles. The molecule has 0 spiro atoms. The van der Waals surface area contributed by atoms with Crippen LogP contribution in [-0.4, -0.2) is 12.1 Å². The van der Waals surface area contributed by atoms with Crippen molar-refractivity contribution < 1.29 is 4.74 Å². The maximum Gasteiger partial charge on any atom is 0.119 e. The summed E-state index contributed by atoms with van der Waals surface area (Å²) in [6.45, 7) is 0. The summed E-state index contributed by atoms with van der Waals surface area (Å²) in [6.07, 6.45) is 1.93. The van der Waals surface area contributed by atoms with Crippen molar-refractivity contribution in [3.8, 4) is 17.6 Å². The van der Waals surface area contributed by atoms with E-state index in [4.69, 9.17) is 4.74 Å². The summed E-state index contributed by atoms with van der Waals surface area (Å²) in [4.78, 5) is 3.22. The lowest BCUT2D eigenvalue weighted by Gasteiger charge is -1.98. The number of hydrogen-bond donors (Lipinski definition) is 1. The molecule has 2 nitrogen and oxygen atoms in total. The van der Waals surface area contributed by atoms with Crippen molar-refractivity contribution in [3.63, 3.8) is 0 Å². The lowest BCUT2D eigenvalue weighted by Crippen LogP contribution is -1.81. The molecule has 0 fully saturated rings. The molecule has 0 bridgehead atoms. The molecule has 0 aliphatic rings. The second-order valence-corrected chi connectivity index (χ2v) is 4.23. The lowest BCUT2D eigenvalue weighted by atomic mass is 10.1. The van der Waals surface area contributed by atoms with Gasteiger partial charge in [0.05, 0.1) is 12.7 Å². The molecule has 0 saturated carbocycles. The zero-order valence-electron chi connectivity index (χ0n) is 10.6. The highest BCUT2D eigenvalue weighted by Gasteiger charge is 2.02. The van der Waals surface area contributed by atoms with Gasteiger partial charge in [0.15, 0.2) is 0 Å². The fourth-order valence-corrected chi connectivity index (χ4v) is 1.99. The van der Waals surface area contributed by atoms with Crippen molar-refractivity contribution in [2.75, 3.05) is 7.11 Å². The molecule has 0 radical (unpaired) electrons. The van der Waals surface area contributed by atoms with Gasteiger partial charge in [-0.15, -0.1) is 0 Å². The molecule has 92 valence electrons. The number of methoxy groups -OCH3 is 1. The summed E-state index contributed by atoms with van der Waals surface area (Å²) >= 11 is 0. The lowest BCUT2D eigenvalue weighted by molar-refractivity contribution is 0.415. The van der Waals surface area contributed by atoms with E-state index in [1.807, 2.05) is 54.7 Å². The van der Waals surface area contributed by atoms with Crippen LogP contribution in [0.4, 0.5) is 0 Å². The van der Waals surface area contributed by atoms with Gasteiger partial charge < -0.3 is 9.72 Å². The van der Waals surface area contributed by atoms with Gasteiger partial charge in [-0.2, -0.15) is 0 Å². The molecule has 2 heteroatoms. The molecule has 19 heavy (non-hydrogen) atoms. The molecule has 3 aromatic rings. The van der Waals surface area contributed by atoms with Gasteiger partial charge in [0, 0.05) is 22.7 Å². The summed E-state index contributed by atoms with van der Waals surface area (Å²) in [5.41, 5.74) is 3.07. The first-order valence-electron chi connectivity index (χ1n) is 6.09. The minimum Gasteiger partial charge on any atom is -0.497 e. The highest BCUT2D eigenvalue weighted by Crippen LogP contribution is 2.22. The van der Waals surface area contributed by atoms with Gasteiger partial charge in [-0.25, -0.2) is 0 Å². The van der Waals surface area contributed by atoms with E-state index in [0.29, 0.717) is 0 Å². The minimum absolute atomic E-state index is 0.842. The van der Waals surface area contributed by atoms with E-state index in [1.54, 1.807) is 7.11 Å². The van der Waals surface area contributed by atoms with Crippen LogP contribution < -0.4 is 4.74 Å². The zero-order valence-corrected chi connectivity index (χ0v) is 10.6. The number of aromatic amines is 1. The minimum atomic E-state index is 0.842. The molecular weight excluding hydrogens is 234 g/mol. The number of ether oxygens (including phenoxy) is 1. The van der Waals surface area contributed by atoms with Crippen LogP contribution in [-0.2, 0) is 0 Å². The Morgan fingerprint density at radius 1 is 1.00 bits per heavy atom. The summed E-state index contributed by atoms with van der Waals surface area (Å²) < 4.78 is 5.25. The van der Waals surface area contributed by atoms with Crippen molar-refractivity contribution in [2.24, 2.45) is 0 Å². The Labute approximate surface area is 112 Å². The number of H-pyrrole nitrogens is 1. The van der Waals surface area contributed by atoms with Crippen LogP contribution in [0, 0.1) is 11.8 Å². The molecular formula is C17H13NO. The van der Waals surface area contributed by atoms with Crippen LogP contribution in [0.1, 0.15) is 11.1 Å². The molecule has 1 heterocycles. The molecule has 1 aromatic heterocycles. The standard InChI is InChI=1S/C17H13NO/c1-19-15-9-10-17-16(11-15)14(12-18-17)8-7-13-5-3-2-4-6-13/h2-6,9-12,18H,1H3. The van der Waals surface area contributed by atoms with Crippen molar-refractivity contribution >= 4 is 10.9 Å². The first-order valence-corrected chi connectivity index (χ1v) is 6.09. The summed E-state index contributed by atoms with van der Waals surface area (Å²) in [5, 5.41) is 1.09. The normalized spacial score (nSPS) is 9.95. The zero-order chi connectivity index (χ0) is 13.1. The number of fused-ring (bicyclic) bond motifs is 1. The third-order valence-corrected chi connectivity index (χ3v) is 3.00. The summed E-state index contributed by atoms with van der Waals surface area (Å²) in [7, 11) is 1.67. The van der Waals surface area contributed by atoms with Crippen LogP contribution in [0.2, 0.25) is 0 Å². The fraction of sp³-hybridized carbons (Fsp3) is 0.0588. The Bertz CT molecular complexity index is 760. The van der Waals surface area contributed by atoms with Gasteiger partial charge in [-0.3, -0.25) is 0 Å². The van der Waals surface area contributed by atoms with Crippen LogP contribution in [0.5, 0.6) is 5.75 Å². The average Bonchev–Trinajstić information content (AvgIpc) is 2.88. The Kier molecular flexibility index (Phi) is 2.96. The molecule has 2 aromatic carbocycles. The van der Waals surface area contributed by atoms with Gasteiger partial charge in [-0.1, -0.05) is 30.0 Å². The van der Waals surface area contributed by atoms with Crippen LogP contribution in [0.3, 0.4) is 0 Å². The number of rotatable bonds is 1. The largest absolute Gasteiger partial charge is 0.497 e. The van der Waals surface area contributed by atoms with E-state index >= 15 is 0 Å². The predicted octanol–water partition coefficient (Wildman–Crippen LogP) is 3.58. The Morgan fingerprint density at radius 3 is 2.63 bits per heavy atom. The number of aromatic nitrogens is 1. The quantitative estimate of drug-likeness (QED) is 0.653. The molecule has 3 rings (SSSR count). The van der Waals surface area contributed by atoms with Gasteiger partial charge in [0.2, 0.25) is 0 Å². The van der Waals surface area contributed by atoms with Gasteiger partial charge >= 0.3 is 0 Å². The van der Waals surface area contributed by atoms with Crippen molar-refractivity contribution in [3.05, 3.63) is 65.9 Å². The third-order valence-electron chi connectivity index (χ3n) is 3.00. The second kappa shape index (κ2) is 4.91. The molecule has 0 saturated heterocycles. The topological polar surface area (TPSA) is 25.0 Å². The van der Waals surface area contributed by atoms with Crippen LogP contribution in [0.15, 0.2) is 54.7 Å². The Hall–Kier alpha value is -2.66. The van der Waals surface area contributed by atoms with Crippen molar-refractivity contribution in [1.29, 1.82) is 0 Å². The van der Waals surface area contributed by atoms with E-state index in [2.05, 4.69) is 16.8 Å². The average molecular weight is 247 g/mol. The smallest absolute Gasteiger partial charge is 0.119 e. The number of nitrogens with one attached hydrogen (secondary N) is 1. The predicted molar refractivity (Wildman–Crippen MR) is 77.3 cm³/mol. The van der Waals surface area contributed by atoms with E-state index < -0.39 is 0 Å². The highest BCUT2D eigenvalue weighted by molar-refractivity contribution is 5.87. The van der Waals surface area contributed by atoms with Crippen molar-refractivity contribution in [2.45, 2.75) is 0 Å². The molecule has 0 unspecified atom stereocenters. The highest BCUT2D eigenvalue weighted by atomic mass is 16.5. The van der Waals surface area contributed by atoms with E-state index in [0.717, 1.165) is 27.8 Å². The second-order valence-electron chi connectivity index (χ2n) is 4.23. The van der Waals surface area contributed by atoms with E-state index in [-0.39, 0.29) is 0 Å². The first kappa shape index (κ1) is 11.4. The first-order chi connectivity index (χ1) is 9.36.